The molecule has 2 heterocycles. The van der Waals surface area contributed by atoms with Gasteiger partial charge in [0.15, 0.2) is 0 Å². The molecule has 0 aromatic heterocycles. The molecule has 2 saturated heterocycles. The molecule has 2 aliphatic rings. The molecule has 0 aromatic rings. The van der Waals surface area contributed by atoms with E-state index >= 15 is 0 Å². The van der Waals surface area contributed by atoms with Gasteiger partial charge < -0.3 is 4.74 Å². The maximum absolute atomic E-state index is 8.87. The van der Waals surface area contributed by atoms with Crippen molar-refractivity contribution in [2.24, 2.45) is 5.92 Å². The lowest BCUT2D eigenvalue weighted by molar-refractivity contribution is -0.152. The fourth-order valence-electron chi connectivity index (χ4n) is 2.49. The molecule has 2 aliphatic heterocycles. The van der Waals surface area contributed by atoms with Crippen molar-refractivity contribution in [2.45, 2.75) is 31.4 Å². The zero-order valence-corrected chi connectivity index (χ0v) is 8.12. The van der Waals surface area contributed by atoms with Gasteiger partial charge in [0.25, 0.3) is 0 Å². The Kier molecular flexibility index (Phi) is 2.27. The highest BCUT2D eigenvalue weighted by molar-refractivity contribution is 5.00. The van der Waals surface area contributed by atoms with Crippen molar-refractivity contribution in [1.82, 2.24) is 4.90 Å². The summed E-state index contributed by atoms with van der Waals surface area (Å²) in [5, 5.41) is 8.87. The Morgan fingerprint density at radius 1 is 1.54 bits per heavy atom. The van der Waals surface area contributed by atoms with E-state index in [0.29, 0.717) is 0 Å². The van der Waals surface area contributed by atoms with Crippen molar-refractivity contribution in [3.8, 4) is 6.07 Å². The van der Waals surface area contributed by atoms with E-state index < -0.39 is 0 Å². The molecule has 0 radical (unpaired) electrons. The van der Waals surface area contributed by atoms with Gasteiger partial charge in [-0.25, -0.2) is 0 Å². The second-order valence-corrected chi connectivity index (χ2v) is 4.16. The first-order valence-electron chi connectivity index (χ1n) is 5.02. The van der Waals surface area contributed by atoms with Crippen LogP contribution in [-0.4, -0.2) is 30.8 Å². The number of nitriles is 1. The molecule has 1 spiro atoms. The molecule has 2 atom stereocenters. The summed E-state index contributed by atoms with van der Waals surface area (Å²) in [6.45, 7) is 1.74. The Morgan fingerprint density at radius 2 is 2.38 bits per heavy atom. The average molecular weight is 180 g/mol. The number of rotatable bonds is 0. The highest BCUT2D eigenvalue weighted by atomic mass is 16.5. The second kappa shape index (κ2) is 3.28. The maximum Gasteiger partial charge on any atom is 0.122 e. The molecule has 0 aromatic carbocycles. The molecule has 3 nitrogen and oxygen atoms in total. The van der Waals surface area contributed by atoms with Gasteiger partial charge in [-0.2, -0.15) is 5.26 Å². The second-order valence-electron chi connectivity index (χ2n) is 4.16. The summed E-state index contributed by atoms with van der Waals surface area (Å²) in [6.07, 6.45) is 4.41. The first-order valence-corrected chi connectivity index (χ1v) is 5.02. The Bertz CT molecular complexity index is 228. The van der Waals surface area contributed by atoms with Crippen LogP contribution in [0.15, 0.2) is 0 Å². The third-order valence-corrected chi connectivity index (χ3v) is 3.27. The van der Waals surface area contributed by atoms with Crippen LogP contribution in [0.1, 0.15) is 25.7 Å². The minimum absolute atomic E-state index is 0.0847. The first kappa shape index (κ1) is 8.98. The SMILES string of the molecule is CN1CC(C#N)CC12CCCCO2. The molecule has 72 valence electrons. The van der Waals surface area contributed by atoms with Crippen LogP contribution in [0, 0.1) is 17.2 Å². The van der Waals surface area contributed by atoms with Gasteiger partial charge in [0.2, 0.25) is 0 Å². The Hall–Kier alpha value is -0.590. The molecule has 0 aliphatic carbocycles. The van der Waals surface area contributed by atoms with Gasteiger partial charge in [-0.3, -0.25) is 4.90 Å². The number of nitrogens with zero attached hydrogens (tertiary/aromatic N) is 2. The van der Waals surface area contributed by atoms with Crippen LogP contribution >= 0.6 is 0 Å². The molecule has 2 rings (SSSR count). The van der Waals surface area contributed by atoms with Gasteiger partial charge in [-0.15, -0.1) is 0 Å². The molecule has 3 heteroatoms. The van der Waals surface area contributed by atoms with E-state index in [4.69, 9.17) is 10.00 Å². The predicted molar refractivity (Wildman–Crippen MR) is 48.9 cm³/mol. The van der Waals surface area contributed by atoms with E-state index in [1.54, 1.807) is 0 Å². The fraction of sp³-hybridized carbons (Fsp3) is 0.900. The quantitative estimate of drug-likeness (QED) is 0.564. The largest absolute Gasteiger partial charge is 0.360 e. The summed E-state index contributed by atoms with van der Waals surface area (Å²) in [5.41, 5.74) is -0.0847. The highest BCUT2D eigenvalue weighted by Gasteiger charge is 2.45. The molecule has 0 saturated carbocycles. The number of likely N-dealkylation sites (tertiary alicyclic amines) is 1. The highest BCUT2D eigenvalue weighted by Crippen LogP contribution is 2.39. The van der Waals surface area contributed by atoms with E-state index in [1.165, 1.54) is 12.8 Å². The van der Waals surface area contributed by atoms with Gasteiger partial charge in [0, 0.05) is 19.6 Å². The van der Waals surface area contributed by atoms with Crippen LogP contribution in [0.25, 0.3) is 0 Å². The summed E-state index contributed by atoms with van der Waals surface area (Å²) in [4.78, 5) is 2.22. The smallest absolute Gasteiger partial charge is 0.122 e. The van der Waals surface area contributed by atoms with Crippen molar-refractivity contribution in [1.29, 1.82) is 5.26 Å². The van der Waals surface area contributed by atoms with Gasteiger partial charge in [-0.1, -0.05) is 0 Å². The van der Waals surface area contributed by atoms with Gasteiger partial charge in [0.05, 0.1) is 12.0 Å². The number of ether oxygens (including phenoxy) is 1. The number of hydrogen-bond acceptors (Lipinski definition) is 3. The minimum Gasteiger partial charge on any atom is -0.360 e. The minimum atomic E-state index is -0.0847. The fourth-order valence-corrected chi connectivity index (χ4v) is 2.49. The van der Waals surface area contributed by atoms with Crippen molar-refractivity contribution < 1.29 is 4.74 Å². The summed E-state index contributed by atoms with van der Waals surface area (Å²) < 4.78 is 5.85. The Labute approximate surface area is 79.3 Å². The van der Waals surface area contributed by atoms with Gasteiger partial charge in [-0.05, 0) is 26.3 Å². The van der Waals surface area contributed by atoms with Crippen LogP contribution in [-0.2, 0) is 4.74 Å². The van der Waals surface area contributed by atoms with Crippen LogP contribution in [0.5, 0.6) is 0 Å². The molecule has 0 bridgehead atoms. The van der Waals surface area contributed by atoms with Gasteiger partial charge >= 0.3 is 0 Å². The molecule has 0 N–H and O–H groups in total. The summed E-state index contributed by atoms with van der Waals surface area (Å²) in [5.74, 6) is 0.170. The zero-order chi connectivity index (χ0) is 9.31. The molecule has 0 amide bonds. The van der Waals surface area contributed by atoms with Crippen LogP contribution in [0.3, 0.4) is 0 Å². The van der Waals surface area contributed by atoms with E-state index in [-0.39, 0.29) is 11.6 Å². The Morgan fingerprint density at radius 3 is 2.92 bits per heavy atom. The number of hydrogen-bond donors (Lipinski definition) is 0. The van der Waals surface area contributed by atoms with E-state index in [2.05, 4.69) is 18.0 Å². The van der Waals surface area contributed by atoms with Crippen LogP contribution in [0.2, 0.25) is 0 Å². The van der Waals surface area contributed by atoms with E-state index in [1.807, 2.05) is 0 Å². The summed E-state index contributed by atoms with van der Waals surface area (Å²) >= 11 is 0. The lowest BCUT2D eigenvalue weighted by Gasteiger charge is -2.39. The van der Waals surface area contributed by atoms with Crippen molar-refractivity contribution in [3.05, 3.63) is 0 Å². The molecular weight excluding hydrogens is 164 g/mol. The normalized spacial score (nSPS) is 40.8. The first-order chi connectivity index (χ1) is 6.27. The van der Waals surface area contributed by atoms with Crippen LogP contribution in [0.4, 0.5) is 0 Å². The third-order valence-electron chi connectivity index (χ3n) is 3.27. The van der Waals surface area contributed by atoms with Crippen LogP contribution < -0.4 is 0 Å². The topological polar surface area (TPSA) is 36.3 Å². The zero-order valence-electron chi connectivity index (χ0n) is 8.12. The standard InChI is InChI=1S/C10H16N2O/c1-12-8-9(7-11)6-10(12)4-2-3-5-13-10/h9H,2-6,8H2,1H3. The molecular formula is C10H16N2O. The van der Waals surface area contributed by atoms with E-state index in [0.717, 1.165) is 26.0 Å². The lowest BCUT2D eigenvalue weighted by atomic mass is 9.97. The van der Waals surface area contributed by atoms with Crippen molar-refractivity contribution >= 4 is 0 Å². The summed E-state index contributed by atoms with van der Waals surface area (Å²) in [7, 11) is 2.07. The monoisotopic (exact) mass is 180 g/mol. The predicted octanol–water partition coefficient (Wildman–Crippen LogP) is 1.36. The lowest BCUT2D eigenvalue weighted by Crippen LogP contribution is -2.46. The van der Waals surface area contributed by atoms with E-state index in [9.17, 15) is 0 Å². The van der Waals surface area contributed by atoms with Crippen molar-refractivity contribution in [3.63, 3.8) is 0 Å². The maximum atomic E-state index is 8.87. The summed E-state index contributed by atoms with van der Waals surface area (Å²) in [6, 6.07) is 2.34. The Balaban J connectivity index is 2.09. The molecule has 2 unspecified atom stereocenters. The molecule has 13 heavy (non-hydrogen) atoms. The average Bonchev–Trinajstić information content (AvgIpc) is 2.45. The van der Waals surface area contributed by atoms with Crippen molar-refractivity contribution in [2.75, 3.05) is 20.2 Å². The van der Waals surface area contributed by atoms with Gasteiger partial charge in [0.1, 0.15) is 5.72 Å². The molecule has 2 fully saturated rings. The third kappa shape index (κ3) is 1.45.